The van der Waals surface area contributed by atoms with Crippen LogP contribution in [0.5, 0.6) is 0 Å². The summed E-state index contributed by atoms with van der Waals surface area (Å²) in [5.41, 5.74) is -0.624. The van der Waals surface area contributed by atoms with E-state index in [9.17, 15) is 13.2 Å². The number of nitrogens with zero attached hydrogens (tertiary/aromatic N) is 2. The van der Waals surface area contributed by atoms with Gasteiger partial charge in [-0.1, -0.05) is 0 Å². The normalized spacial score (nSPS) is 25.3. The standard InChI is InChI=1S/C14H18F3N3/c1-2-18-12-6-10(14(15,16)17)7-13(19-12)20-8-9-3-4-11(20)5-9/h6-7,9,11H,2-5,8H2,1H3,(H,18,19). The van der Waals surface area contributed by atoms with Crippen molar-refractivity contribution >= 4 is 11.6 Å². The maximum atomic E-state index is 13.0. The van der Waals surface area contributed by atoms with Gasteiger partial charge in [0.25, 0.3) is 0 Å². The lowest BCUT2D eigenvalue weighted by Gasteiger charge is -2.29. The Morgan fingerprint density at radius 1 is 1.35 bits per heavy atom. The molecule has 1 aliphatic carbocycles. The molecule has 2 fully saturated rings. The number of hydrogen-bond donors (Lipinski definition) is 1. The zero-order valence-corrected chi connectivity index (χ0v) is 11.4. The Labute approximate surface area is 116 Å². The summed E-state index contributed by atoms with van der Waals surface area (Å²) in [6.07, 6.45) is -0.978. The lowest BCUT2D eigenvalue weighted by Crippen LogP contribution is -2.33. The largest absolute Gasteiger partial charge is 0.416 e. The van der Waals surface area contributed by atoms with E-state index in [0.29, 0.717) is 30.1 Å². The average molecular weight is 285 g/mol. The number of anilines is 2. The molecule has 110 valence electrons. The number of pyridine rings is 1. The van der Waals surface area contributed by atoms with Gasteiger partial charge in [0.15, 0.2) is 0 Å². The summed E-state index contributed by atoms with van der Waals surface area (Å²) in [6, 6.07) is 2.63. The molecule has 2 bridgehead atoms. The summed E-state index contributed by atoms with van der Waals surface area (Å²) in [4.78, 5) is 6.40. The Bertz CT molecular complexity index is 501. The third-order valence-electron chi connectivity index (χ3n) is 4.20. The van der Waals surface area contributed by atoms with Gasteiger partial charge in [-0.15, -0.1) is 0 Å². The summed E-state index contributed by atoms with van der Waals surface area (Å²) in [7, 11) is 0. The molecule has 2 unspecified atom stereocenters. The van der Waals surface area contributed by atoms with Gasteiger partial charge in [-0.05, 0) is 44.2 Å². The Balaban J connectivity index is 1.95. The Kier molecular flexibility index (Phi) is 3.26. The SMILES string of the molecule is CCNc1cc(C(F)(F)F)cc(N2CC3CCC2C3)n1. The molecule has 1 aliphatic heterocycles. The molecule has 3 nitrogen and oxygen atoms in total. The van der Waals surface area contributed by atoms with Gasteiger partial charge >= 0.3 is 6.18 Å². The van der Waals surface area contributed by atoms with E-state index in [4.69, 9.17) is 0 Å². The van der Waals surface area contributed by atoms with E-state index in [-0.39, 0.29) is 0 Å². The van der Waals surface area contributed by atoms with Crippen molar-refractivity contribution in [3.8, 4) is 0 Å². The predicted molar refractivity (Wildman–Crippen MR) is 71.9 cm³/mol. The molecule has 3 rings (SSSR count). The molecule has 20 heavy (non-hydrogen) atoms. The van der Waals surface area contributed by atoms with Crippen molar-refractivity contribution in [1.82, 2.24) is 4.98 Å². The molecule has 1 saturated carbocycles. The zero-order valence-electron chi connectivity index (χ0n) is 11.4. The average Bonchev–Trinajstić information content (AvgIpc) is 3.00. The number of alkyl halides is 3. The van der Waals surface area contributed by atoms with Crippen molar-refractivity contribution in [2.45, 2.75) is 38.4 Å². The van der Waals surface area contributed by atoms with Crippen LogP contribution in [0.25, 0.3) is 0 Å². The quantitative estimate of drug-likeness (QED) is 0.921. The second kappa shape index (κ2) is 4.82. The van der Waals surface area contributed by atoms with Crippen LogP contribution in [0.3, 0.4) is 0 Å². The Morgan fingerprint density at radius 3 is 2.70 bits per heavy atom. The van der Waals surface area contributed by atoms with Crippen LogP contribution in [0, 0.1) is 5.92 Å². The highest BCUT2D eigenvalue weighted by atomic mass is 19.4. The van der Waals surface area contributed by atoms with E-state index in [1.54, 1.807) is 0 Å². The van der Waals surface area contributed by atoms with Crippen LogP contribution in [-0.4, -0.2) is 24.1 Å². The van der Waals surface area contributed by atoms with Crippen molar-refractivity contribution in [1.29, 1.82) is 0 Å². The smallest absolute Gasteiger partial charge is 0.370 e. The van der Waals surface area contributed by atoms with Crippen LogP contribution >= 0.6 is 0 Å². The molecule has 6 heteroatoms. The van der Waals surface area contributed by atoms with Crippen LogP contribution in [0.4, 0.5) is 24.8 Å². The van der Waals surface area contributed by atoms with Crippen LogP contribution in [0.1, 0.15) is 31.7 Å². The van der Waals surface area contributed by atoms with E-state index >= 15 is 0 Å². The molecule has 0 radical (unpaired) electrons. The van der Waals surface area contributed by atoms with Crippen LogP contribution in [0.2, 0.25) is 0 Å². The highest BCUT2D eigenvalue weighted by molar-refractivity contribution is 5.53. The number of fused-ring (bicyclic) bond motifs is 2. The Hall–Kier alpha value is -1.46. The molecule has 1 N–H and O–H groups in total. The number of hydrogen-bond acceptors (Lipinski definition) is 3. The Morgan fingerprint density at radius 2 is 2.15 bits per heavy atom. The molecule has 0 amide bonds. The van der Waals surface area contributed by atoms with Gasteiger partial charge in [-0.25, -0.2) is 4.98 Å². The summed E-state index contributed by atoms with van der Waals surface area (Å²) >= 11 is 0. The van der Waals surface area contributed by atoms with Gasteiger partial charge in [0.2, 0.25) is 0 Å². The summed E-state index contributed by atoms with van der Waals surface area (Å²) < 4.78 is 39.0. The molecule has 0 aromatic carbocycles. The topological polar surface area (TPSA) is 28.2 Å². The lowest BCUT2D eigenvalue weighted by molar-refractivity contribution is -0.137. The number of nitrogens with one attached hydrogen (secondary N) is 1. The van der Waals surface area contributed by atoms with E-state index in [0.717, 1.165) is 25.5 Å². The highest BCUT2D eigenvalue weighted by Crippen LogP contribution is 2.41. The maximum absolute atomic E-state index is 13.0. The minimum Gasteiger partial charge on any atom is -0.370 e. The van der Waals surface area contributed by atoms with Gasteiger partial charge in [-0.2, -0.15) is 13.2 Å². The number of piperidine rings is 1. The van der Waals surface area contributed by atoms with Gasteiger partial charge < -0.3 is 10.2 Å². The lowest BCUT2D eigenvalue weighted by atomic mass is 10.1. The van der Waals surface area contributed by atoms with Crippen molar-refractivity contribution in [2.75, 3.05) is 23.3 Å². The molecular formula is C14H18F3N3. The monoisotopic (exact) mass is 285 g/mol. The van der Waals surface area contributed by atoms with Crippen LogP contribution in [0.15, 0.2) is 12.1 Å². The van der Waals surface area contributed by atoms with E-state index < -0.39 is 11.7 Å². The summed E-state index contributed by atoms with van der Waals surface area (Å²) in [5, 5.41) is 2.89. The van der Waals surface area contributed by atoms with Crippen LogP contribution in [-0.2, 0) is 6.18 Å². The zero-order chi connectivity index (χ0) is 14.3. The van der Waals surface area contributed by atoms with Gasteiger partial charge in [0.1, 0.15) is 11.6 Å². The van der Waals surface area contributed by atoms with Crippen molar-refractivity contribution in [3.05, 3.63) is 17.7 Å². The first kappa shape index (κ1) is 13.5. The third-order valence-corrected chi connectivity index (χ3v) is 4.20. The first-order chi connectivity index (χ1) is 9.47. The van der Waals surface area contributed by atoms with E-state index in [1.165, 1.54) is 12.5 Å². The predicted octanol–water partition coefficient (Wildman–Crippen LogP) is 3.52. The molecule has 2 aliphatic rings. The molecular weight excluding hydrogens is 267 g/mol. The fourth-order valence-corrected chi connectivity index (χ4v) is 3.30. The second-order valence-corrected chi connectivity index (χ2v) is 5.61. The van der Waals surface area contributed by atoms with Crippen molar-refractivity contribution in [3.63, 3.8) is 0 Å². The fraction of sp³-hybridized carbons (Fsp3) is 0.643. The van der Waals surface area contributed by atoms with Gasteiger partial charge in [0.05, 0.1) is 5.56 Å². The molecule has 1 aromatic rings. The van der Waals surface area contributed by atoms with E-state index in [1.807, 2.05) is 11.8 Å². The first-order valence-corrected chi connectivity index (χ1v) is 7.07. The molecule has 1 saturated heterocycles. The van der Waals surface area contributed by atoms with Crippen molar-refractivity contribution in [2.24, 2.45) is 5.92 Å². The van der Waals surface area contributed by atoms with Crippen LogP contribution < -0.4 is 10.2 Å². The number of aromatic nitrogens is 1. The van der Waals surface area contributed by atoms with Gasteiger partial charge in [-0.3, -0.25) is 0 Å². The molecule has 1 aromatic heterocycles. The van der Waals surface area contributed by atoms with Gasteiger partial charge in [0, 0.05) is 19.1 Å². The maximum Gasteiger partial charge on any atom is 0.416 e. The summed E-state index contributed by atoms with van der Waals surface area (Å²) in [5.74, 6) is 1.39. The molecule has 2 heterocycles. The number of rotatable bonds is 3. The minimum absolute atomic E-state index is 0.306. The summed E-state index contributed by atoms with van der Waals surface area (Å²) in [6.45, 7) is 3.24. The minimum atomic E-state index is -4.33. The second-order valence-electron chi connectivity index (χ2n) is 5.61. The molecule has 0 spiro atoms. The molecule has 2 atom stereocenters. The third kappa shape index (κ3) is 2.43. The highest BCUT2D eigenvalue weighted by Gasteiger charge is 2.39. The van der Waals surface area contributed by atoms with E-state index in [2.05, 4.69) is 10.3 Å². The first-order valence-electron chi connectivity index (χ1n) is 7.07. The fourth-order valence-electron chi connectivity index (χ4n) is 3.30. The van der Waals surface area contributed by atoms with Crippen molar-refractivity contribution < 1.29 is 13.2 Å². The number of halogens is 3.